The fourth-order valence-corrected chi connectivity index (χ4v) is 7.79. The van der Waals surface area contributed by atoms with Gasteiger partial charge in [0, 0.05) is 11.1 Å². The molecule has 0 fully saturated rings. The van der Waals surface area contributed by atoms with Crippen LogP contribution in [0, 0.1) is 0 Å². The van der Waals surface area contributed by atoms with E-state index in [2.05, 4.69) is 9.44 Å². The summed E-state index contributed by atoms with van der Waals surface area (Å²) in [7, 11) is -8.40. The van der Waals surface area contributed by atoms with Gasteiger partial charge >= 0.3 is 41.9 Å². The molecule has 0 radical (unpaired) electrons. The average Bonchev–Trinajstić information content (AvgIpc) is 3.05. The molecule has 2 heterocycles. The van der Waals surface area contributed by atoms with Crippen molar-refractivity contribution < 1.29 is 88.4 Å². The number of benzene rings is 2. The van der Waals surface area contributed by atoms with Gasteiger partial charge < -0.3 is 15.7 Å². The van der Waals surface area contributed by atoms with Crippen LogP contribution in [0.1, 0.15) is 49.9 Å². The first-order valence-electron chi connectivity index (χ1n) is 11.2. The molecular formula is C24H25F6N2NaO7S2. The van der Waals surface area contributed by atoms with Gasteiger partial charge in [0.25, 0.3) is 0 Å². The summed E-state index contributed by atoms with van der Waals surface area (Å²) in [5.41, 5.74) is -6.01. The number of nitrogens with one attached hydrogen (secondary N) is 2. The van der Waals surface area contributed by atoms with Crippen LogP contribution >= 0.6 is 0 Å². The summed E-state index contributed by atoms with van der Waals surface area (Å²) in [6.07, 6.45) is -9.43. The second-order valence-corrected chi connectivity index (χ2v) is 13.1. The normalized spacial score (nSPS) is 20.2. The Labute approximate surface area is 260 Å². The number of sulfonamides is 2. The minimum absolute atomic E-state index is 0. The maximum atomic E-state index is 13.0. The van der Waals surface area contributed by atoms with Gasteiger partial charge in [0.05, 0.1) is 22.2 Å². The maximum absolute atomic E-state index is 13.0. The molecule has 0 atom stereocenters. The van der Waals surface area contributed by atoms with Crippen LogP contribution in [0.5, 0.6) is 0 Å². The number of halogens is 6. The van der Waals surface area contributed by atoms with Crippen molar-refractivity contribution in [3.8, 4) is 0 Å². The van der Waals surface area contributed by atoms with Crippen molar-refractivity contribution in [2.75, 3.05) is 0 Å². The number of aliphatic hydroxyl groups excluding tert-OH is 2. The molecule has 4 rings (SSSR count). The molecular weight excluding hydrogens is 629 g/mol. The minimum atomic E-state index is -4.72. The fourth-order valence-electron chi connectivity index (χ4n) is 4.09. The van der Waals surface area contributed by atoms with E-state index in [-0.39, 0.29) is 35.0 Å². The van der Waals surface area contributed by atoms with Crippen LogP contribution in [0.3, 0.4) is 0 Å². The van der Waals surface area contributed by atoms with E-state index < -0.39 is 87.1 Å². The number of aliphatic hydroxyl groups is 2. The van der Waals surface area contributed by atoms with E-state index in [0.29, 0.717) is 0 Å². The minimum Gasteiger partial charge on any atom is -0.870 e. The molecule has 2 aromatic carbocycles. The van der Waals surface area contributed by atoms with Gasteiger partial charge in [-0.05, 0) is 39.8 Å². The summed E-state index contributed by atoms with van der Waals surface area (Å²) in [5, 5.41) is 19.9. The quantitative estimate of drug-likeness (QED) is 0.285. The number of hydrogen-bond donors (Lipinski definition) is 4. The third-order valence-corrected chi connectivity index (χ3v) is 9.34. The molecule has 0 unspecified atom stereocenters. The number of hydrogen-bond acceptors (Lipinski definition) is 7. The smallest absolute Gasteiger partial charge is 0.870 e. The first-order valence-corrected chi connectivity index (χ1v) is 14.2. The van der Waals surface area contributed by atoms with Crippen LogP contribution in [-0.2, 0) is 32.4 Å². The monoisotopic (exact) mass is 654 g/mol. The molecule has 9 nitrogen and oxygen atoms in total. The molecule has 2 aliphatic heterocycles. The second-order valence-electron chi connectivity index (χ2n) is 9.90. The molecule has 18 heteroatoms. The van der Waals surface area contributed by atoms with Crippen molar-refractivity contribution in [2.24, 2.45) is 0 Å². The Morgan fingerprint density at radius 1 is 0.619 bits per heavy atom. The molecule has 0 aliphatic carbocycles. The van der Waals surface area contributed by atoms with Crippen molar-refractivity contribution in [1.29, 1.82) is 0 Å². The largest absolute Gasteiger partial charge is 1.00 e. The Bertz CT molecular complexity index is 1510. The molecule has 42 heavy (non-hydrogen) atoms. The van der Waals surface area contributed by atoms with E-state index in [1.165, 1.54) is 39.8 Å². The van der Waals surface area contributed by atoms with Gasteiger partial charge in [-0.1, -0.05) is 36.4 Å². The van der Waals surface area contributed by atoms with Crippen molar-refractivity contribution in [2.45, 2.75) is 51.1 Å². The van der Waals surface area contributed by atoms with Crippen LogP contribution in [0.15, 0.2) is 60.0 Å². The first-order chi connectivity index (χ1) is 17.9. The molecule has 0 aromatic heterocycles. The summed E-state index contributed by atoms with van der Waals surface area (Å²) in [4.78, 5) is -1.45. The van der Waals surface area contributed by atoms with E-state index in [1.54, 1.807) is 0 Å². The fraction of sp³-hybridized carbons (Fsp3) is 0.333. The predicted molar refractivity (Wildman–Crippen MR) is 136 cm³/mol. The van der Waals surface area contributed by atoms with Gasteiger partial charge in [-0.3, -0.25) is 0 Å². The molecule has 0 saturated heterocycles. The van der Waals surface area contributed by atoms with Crippen LogP contribution in [0.2, 0.25) is 0 Å². The second kappa shape index (κ2) is 12.1. The van der Waals surface area contributed by atoms with Gasteiger partial charge in [-0.25, -0.2) is 16.8 Å². The summed E-state index contributed by atoms with van der Waals surface area (Å²) < 4.78 is 130. The molecule has 2 aliphatic rings. The SMILES string of the molecule is CC1(C)NS(=O)(=O)C(c2ccccc2C(F)(F)F)=C1O.CC1(C)NS(=O)(=O)C(c2ccccc2C(F)(F)F)=C1O.[Na+].[OH-]. The third-order valence-electron chi connectivity index (χ3n) is 5.88. The Kier molecular flexibility index (Phi) is 10.9. The van der Waals surface area contributed by atoms with Crippen molar-refractivity contribution in [1.82, 2.24) is 9.44 Å². The van der Waals surface area contributed by atoms with E-state index in [0.717, 1.165) is 36.4 Å². The zero-order valence-corrected chi connectivity index (χ0v) is 26.3. The van der Waals surface area contributed by atoms with Gasteiger partial charge in [-0.15, -0.1) is 0 Å². The molecule has 228 valence electrons. The van der Waals surface area contributed by atoms with E-state index >= 15 is 0 Å². The van der Waals surface area contributed by atoms with E-state index in [1.807, 2.05) is 0 Å². The van der Waals surface area contributed by atoms with Crippen LogP contribution in [-0.4, -0.2) is 43.6 Å². The molecule has 0 saturated carbocycles. The summed E-state index contributed by atoms with van der Waals surface area (Å²) in [6, 6.07) is 8.47. The Balaban J connectivity index is 0.000000401. The van der Waals surface area contributed by atoms with Gasteiger partial charge in [-0.2, -0.15) is 35.8 Å². The Morgan fingerprint density at radius 2 is 0.881 bits per heavy atom. The standard InChI is InChI=1S/2C12H12F3NO3S.Na.H2O/c2*1-11(2)10(17)9(20(18,19)16-11)7-5-3-4-6-8(7)12(13,14)15;;/h2*3-6,16-17H,1-2H3;;1H2/q;;+1;/p-1. The molecule has 5 N–H and O–H groups in total. The predicted octanol–water partition coefficient (Wildman–Crippen LogP) is 2.11. The summed E-state index contributed by atoms with van der Waals surface area (Å²) in [5.74, 6) is -1.26. The average molecular weight is 655 g/mol. The van der Waals surface area contributed by atoms with Crippen molar-refractivity contribution in [3.05, 3.63) is 82.3 Å². The molecule has 0 spiro atoms. The van der Waals surface area contributed by atoms with Gasteiger partial charge in [0.15, 0.2) is 0 Å². The number of alkyl halides is 6. The van der Waals surface area contributed by atoms with Crippen molar-refractivity contribution in [3.63, 3.8) is 0 Å². The zero-order valence-electron chi connectivity index (χ0n) is 22.7. The van der Waals surface area contributed by atoms with E-state index in [4.69, 9.17) is 0 Å². The Morgan fingerprint density at radius 3 is 1.10 bits per heavy atom. The molecule has 0 bridgehead atoms. The van der Waals surface area contributed by atoms with Crippen LogP contribution in [0.25, 0.3) is 9.81 Å². The van der Waals surface area contributed by atoms with Gasteiger partial charge in [0.2, 0.25) is 20.0 Å². The topological polar surface area (TPSA) is 163 Å². The molecule has 0 amide bonds. The number of rotatable bonds is 2. The summed E-state index contributed by atoms with van der Waals surface area (Å²) >= 11 is 0. The van der Waals surface area contributed by atoms with E-state index in [9.17, 15) is 53.4 Å². The van der Waals surface area contributed by atoms with Crippen molar-refractivity contribution >= 4 is 29.9 Å². The maximum Gasteiger partial charge on any atom is 1.00 e. The Hall–Kier alpha value is -2.12. The molecule has 2 aromatic rings. The third kappa shape index (κ3) is 7.32. The van der Waals surface area contributed by atoms with Crippen LogP contribution in [0.4, 0.5) is 26.3 Å². The zero-order chi connectivity index (χ0) is 30.7. The van der Waals surface area contributed by atoms with Gasteiger partial charge in [0.1, 0.15) is 21.3 Å². The summed E-state index contributed by atoms with van der Waals surface area (Å²) in [6.45, 7) is 5.46. The first kappa shape index (κ1) is 37.9. The van der Waals surface area contributed by atoms with Crippen LogP contribution < -0.4 is 39.0 Å².